The number of rotatable bonds is 4. The van der Waals surface area contributed by atoms with E-state index in [1.807, 2.05) is 27.7 Å². The molecule has 8 heteroatoms. The van der Waals surface area contributed by atoms with Crippen LogP contribution in [0.15, 0.2) is 28.9 Å². The van der Waals surface area contributed by atoms with Gasteiger partial charge in [0.25, 0.3) is 5.91 Å². The first kappa shape index (κ1) is 18.9. The van der Waals surface area contributed by atoms with E-state index in [-0.39, 0.29) is 17.1 Å². The van der Waals surface area contributed by atoms with Crippen LogP contribution in [0.1, 0.15) is 47.3 Å². The van der Waals surface area contributed by atoms with Gasteiger partial charge in [-0.2, -0.15) is 0 Å². The Kier molecular flexibility index (Phi) is 4.93. The Labute approximate surface area is 161 Å². The molecule has 0 bridgehead atoms. The van der Waals surface area contributed by atoms with Gasteiger partial charge >= 0.3 is 6.01 Å². The lowest BCUT2D eigenvalue weighted by Crippen LogP contribution is -2.12. The van der Waals surface area contributed by atoms with Gasteiger partial charge < -0.3 is 14.8 Å². The van der Waals surface area contributed by atoms with E-state index in [4.69, 9.17) is 4.42 Å². The predicted octanol–water partition coefficient (Wildman–Crippen LogP) is 4.75. The first-order valence-electron chi connectivity index (χ1n) is 8.45. The van der Waals surface area contributed by atoms with Crippen LogP contribution < -0.4 is 10.6 Å². The number of benzene rings is 1. The van der Waals surface area contributed by atoms with Crippen LogP contribution in [0.2, 0.25) is 0 Å². The van der Waals surface area contributed by atoms with E-state index in [2.05, 4.69) is 20.6 Å². The molecule has 27 heavy (non-hydrogen) atoms. The quantitative estimate of drug-likeness (QED) is 0.598. The number of hydrogen-bond acceptors (Lipinski definition) is 7. The smallest absolute Gasteiger partial charge is 0.301 e. The van der Waals surface area contributed by atoms with Crippen LogP contribution in [-0.4, -0.2) is 21.0 Å². The molecular formula is C19H22N4O3S. The average Bonchev–Trinajstić information content (AvgIpc) is 3.25. The summed E-state index contributed by atoms with van der Waals surface area (Å²) < 4.78 is 5.68. The van der Waals surface area contributed by atoms with Crippen LogP contribution in [0.3, 0.4) is 0 Å². The summed E-state index contributed by atoms with van der Waals surface area (Å²) in [5.74, 6) is 0.607. The van der Waals surface area contributed by atoms with Gasteiger partial charge in [-0.1, -0.05) is 38.2 Å². The minimum Gasteiger partial charge on any atom is -0.508 e. The van der Waals surface area contributed by atoms with Gasteiger partial charge in [-0.05, 0) is 25.5 Å². The van der Waals surface area contributed by atoms with E-state index in [0.717, 1.165) is 11.3 Å². The van der Waals surface area contributed by atoms with E-state index in [9.17, 15) is 9.90 Å². The summed E-state index contributed by atoms with van der Waals surface area (Å²) in [5.41, 5.74) is 1.96. The van der Waals surface area contributed by atoms with Crippen molar-refractivity contribution in [2.24, 2.45) is 0 Å². The first-order chi connectivity index (χ1) is 12.6. The Morgan fingerprint density at radius 1 is 1.19 bits per heavy atom. The summed E-state index contributed by atoms with van der Waals surface area (Å²) in [5, 5.41) is 16.2. The SMILES string of the molecule is Cc1ccc(O)c(C)c1NC(=O)c1cnc(Nc2ncc(C(C)(C)C)o2)s1. The molecule has 0 aliphatic heterocycles. The topological polar surface area (TPSA) is 100 Å². The van der Waals surface area contributed by atoms with Crippen molar-refractivity contribution in [3.63, 3.8) is 0 Å². The maximum Gasteiger partial charge on any atom is 0.301 e. The number of oxazole rings is 1. The van der Waals surface area contributed by atoms with Gasteiger partial charge in [0.05, 0.1) is 18.1 Å². The number of amides is 1. The monoisotopic (exact) mass is 386 g/mol. The number of nitrogens with zero attached hydrogens (tertiary/aromatic N) is 2. The molecule has 0 spiro atoms. The predicted molar refractivity (Wildman–Crippen MR) is 106 cm³/mol. The third-order valence-corrected chi connectivity index (χ3v) is 4.98. The summed E-state index contributed by atoms with van der Waals surface area (Å²) >= 11 is 1.19. The van der Waals surface area contributed by atoms with E-state index in [1.165, 1.54) is 17.5 Å². The van der Waals surface area contributed by atoms with Crippen LogP contribution in [0, 0.1) is 13.8 Å². The van der Waals surface area contributed by atoms with Gasteiger partial charge in [0.2, 0.25) is 0 Å². The van der Waals surface area contributed by atoms with Crippen LogP contribution in [0.25, 0.3) is 0 Å². The molecule has 0 saturated heterocycles. The minimum atomic E-state index is -0.292. The Hall–Kier alpha value is -2.87. The van der Waals surface area contributed by atoms with Gasteiger partial charge in [-0.25, -0.2) is 9.97 Å². The Bertz CT molecular complexity index is 985. The number of phenols is 1. The minimum absolute atomic E-state index is 0.140. The molecule has 142 valence electrons. The number of aromatic hydroxyl groups is 1. The van der Waals surface area contributed by atoms with Crippen molar-refractivity contribution >= 4 is 34.1 Å². The van der Waals surface area contributed by atoms with Crippen LogP contribution >= 0.6 is 11.3 Å². The average molecular weight is 386 g/mol. The van der Waals surface area contributed by atoms with Gasteiger partial charge in [-0.3, -0.25) is 10.1 Å². The second-order valence-electron chi connectivity index (χ2n) is 7.29. The second kappa shape index (κ2) is 7.03. The normalized spacial score (nSPS) is 11.4. The molecule has 1 amide bonds. The molecular weight excluding hydrogens is 364 g/mol. The van der Waals surface area contributed by atoms with Crippen molar-refractivity contribution in [3.05, 3.63) is 46.3 Å². The standard InChI is InChI=1S/C19H22N4O3S/c1-10-6-7-12(24)11(2)15(10)22-16(25)13-8-21-18(27-13)23-17-20-9-14(26-17)19(3,4)5/h6-9,24H,1-5H3,(H,22,25)(H,20,21,23). The molecule has 3 N–H and O–H groups in total. The fraction of sp³-hybridized carbons (Fsp3) is 0.316. The van der Waals surface area contributed by atoms with Crippen LogP contribution in [0.4, 0.5) is 16.8 Å². The fourth-order valence-electron chi connectivity index (χ4n) is 2.41. The molecule has 3 aromatic rings. The number of carbonyl (C=O) groups excluding carboxylic acids is 1. The van der Waals surface area contributed by atoms with Crippen molar-refractivity contribution in [1.82, 2.24) is 9.97 Å². The number of aryl methyl sites for hydroxylation is 1. The molecule has 0 aliphatic carbocycles. The molecule has 0 radical (unpaired) electrons. The number of carbonyl (C=O) groups is 1. The zero-order chi connectivity index (χ0) is 19.8. The number of phenolic OH excluding ortho intramolecular Hbond substituents is 1. The van der Waals surface area contributed by atoms with E-state index < -0.39 is 0 Å². The van der Waals surface area contributed by atoms with Gasteiger partial charge in [0.1, 0.15) is 16.4 Å². The number of aromatic nitrogens is 2. The van der Waals surface area contributed by atoms with Crippen molar-refractivity contribution in [2.45, 2.75) is 40.0 Å². The summed E-state index contributed by atoms with van der Waals surface area (Å²) in [6.07, 6.45) is 3.17. The summed E-state index contributed by atoms with van der Waals surface area (Å²) in [4.78, 5) is 21.4. The first-order valence-corrected chi connectivity index (χ1v) is 9.26. The molecule has 0 fully saturated rings. The van der Waals surface area contributed by atoms with Gasteiger partial charge in [0, 0.05) is 11.0 Å². The highest BCUT2D eigenvalue weighted by molar-refractivity contribution is 7.17. The maximum atomic E-state index is 12.5. The molecule has 2 heterocycles. The van der Waals surface area contributed by atoms with Crippen molar-refractivity contribution in [2.75, 3.05) is 10.6 Å². The lowest BCUT2D eigenvalue weighted by molar-refractivity contribution is 0.103. The molecule has 0 saturated carbocycles. The summed E-state index contributed by atoms with van der Waals surface area (Å²) in [6, 6.07) is 3.70. The number of anilines is 3. The van der Waals surface area contributed by atoms with Crippen LogP contribution in [-0.2, 0) is 5.41 Å². The highest BCUT2D eigenvalue weighted by Gasteiger charge is 2.20. The lowest BCUT2D eigenvalue weighted by atomic mass is 9.94. The largest absolute Gasteiger partial charge is 0.508 e. The summed E-state index contributed by atoms with van der Waals surface area (Å²) in [6.45, 7) is 9.74. The molecule has 1 aromatic carbocycles. The van der Waals surface area contributed by atoms with E-state index in [0.29, 0.717) is 27.3 Å². The highest BCUT2D eigenvalue weighted by atomic mass is 32.1. The maximum absolute atomic E-state index is 12.5. The van der Waals surface area contributed by atoms with Crippen molar-refractivity contribution in [3.8, 4) is 5.75 Å². The third kappa shape index (κ3) is 4.11. The third-order valence-electron chi connectivity index (χ3n) is 4.07. The van der Waals surface area contributed by atoms with Crippen molar-refractivity contribution in [1.29, 1.82) is 0 Å². The fourth-order valence-corrected chi connectivity index (χ4v) is 3.11. The Morgan fingerprint density at radius 3 is 2.59 bits per heavy atom. The highest BCUT2D eigenvalue weighted by Crippen LogP contribution is 2.30. The molecule has 0 aliphatic rings. The Balaban J connectivity index is 1.73. The number of thiazole rings is 1. The molecule has 7 nitrogen and oxygen atoms in total. The number of nitrogens with one attached hydrogen (secondary N) is 2. The van der Waals surface area contributed by atoms with Gasteiger partial charge in [0.15, 0.2) is 5.13 Å². The number of hydrogen-bond donors (Lipinski definition) is 3. The zero-order valence-corrected chi connectivity index (χ0v) is 16.7. The van der Waals surface area contributed by atoms with Crippen LogP contribution in [0.5, 0.6) is 5.75 Å². The van der Waals surface area contributed by atoms with E-state index in [1.54, 1.807) is 25.3 Å². The zero-order valence-electron chi connectivity index (χ0n) is 15.9. The molecule has 0 atom stereocenters. The summed E-state index contributed by atoms with van der Waals surface area (Å²) in [7, 11) is 0. The van der Waals surface area contributed by atoms with Gasteiger partial charge in [-0.15, -0.1) is 0 Å². The Morgan fingerprint density at radius 2 is 1.93 bits per heavy atom. The van der Waals surface area contributed by atoms with E-state index >= 15 is 0 Å². The molecule has 2 aromatic heterocycles. The van der Waals surface area contributed by atoms with Crippen molar-refractivity contribution < 1.29 is 14.3 Å². The lowest BCUT2D eigenvalue weighted by Gasteiger charge is -2.12. The second-order valence-corrected chi connectivity index (χ2v) is 8.32. The molecule has 0 unspecified atom stereocenters. The molecule has 3 rings (SSSR count).